The van der Waals surface area contributed by atoms with Crippen LogP contribution in [0.4, 0.5) is 0 Å². The molecular weight excluding hydrogens is 274 g/mol. The highest BCUT2D eigenvalue weighted by molar-refractivity contribution is 5.86. The zero-order valence-corrected chi connectivity index (χ0v) is 10.5. The minimum atomic E-state index is -1.68. The number of aliphatic hydroxyl groups excluding tert-OH is 4. The fourth-order valence-corrected chi connectivity index (χ4v) is 1.71. The Hall–Kier alpha value is -1.84. The molecule has 1 aliphatic rings. The number of rotatable bonds is 5. The average molecular weight is 289 g/mol. The van der Waals surface area contributed by atoms with E-state index >= 15 is 0 Å². The Kier molecular flexibility index (Phi) is 5.74. The molecule has 0 aliphatic carbocycles. The number of methoxy groups -OCH3 is 1. The average Bonchev–Trinajstić information content (AvgIpc) is 2.46. The molecule has 0 aromatic heterocycles. The van der Waals surface area contributed by atoms with Crippen LogP contribution in [0.15, 0.2) is 16.9 Å². The van der Waals surface area contributed by atoms with Crippen LogP contribution >= 0.6 is 0 Å². The summed E-state index contributed by atoms with van der Waals surface area (Å²) in [7, 11) is 1.09. The number of nitrogens with zero attached hydrogens (tertiary/aromatic N) is 3. The molecule has 4 N–H and O–H groups in total. The standard InChI is InChI=1S/C10H15N3O7/c1-19-10(18)6-2-4(15)7(12-13-11)9(20-6)8(17)5(16)3-14/h2,4-5,7-9,14-17H,3H2,1H3/t4-,5+,7+,8+,9+/m0/s1. The number of carbonyl (C=O) groups is 1. The number of azide groups is 1. The smallest absolute Gasteiger partial charge is 0.373 e. The summed E-state index contributed by atoms with van der Waals surface area (Å²) in [6.07, 6.45) is -5.14. The van der Waals surface area contributed by atoms with Gasteiger partial charge in [-0.3, -0.25) is 0 Å². The van der Waals surface area contributed by atoms with E-state index in [-0.39, 0.29) is 0 Å². The lowest BCUT2D eigenvalue weighted by Crippen LogP contribution is -2.52. The van der Waals surface area contributed by atoms with Crippen molar-refractivity contribution in [3.8, 4) is 0 Å². The van der Waals surface area contributed by atoms with E-state index in [2.05, 4.69) is 14.8 Å². The van der Waals surface area contributed by atoms with Gasteiger partial charge in [0.25, 0.3) is 0 Å². The Morgan fingerprint density at radius 3 is 2.80 bits per heavy atom. The van der Waals surface area contributed by atoms with E-state index in [9.17, 15) is 20.1 Å². The van der Waals surface area contributed by atoms with Crippen LogP contribution in [0.5, 0.6) is 0 Å². The maximum atomic E-state index is 11.4. The van der Waals surface area contributed by atoms with Crippen LogP contribution in [0, 0.1) is 0 Å². The summed E-state index contributed by atoms with van der Waals surface area (Å²) in [5, 5.41) is 41.1. The predicted molar refractivity (Wildman–Crippen MR) is 63.0 cm³/mol. The van der Waals surface area contributed by atoms with Crippen molar-refractivity contribution in [2.45, 2.75) is 30.5 Å². The fraction of sp³-hybridized carbons (Fsp3) is 0.700. The lowest BCUT2D eigenvalue weighted by Gasteiger charge is -2.35. The highest BCUT2D eigenvalue weighted by atomic mass is 16.6. The number of carbonyl (C=O) groups excluding carboxylic acids is 1. The monoisotopic (exact) mass is 289 g/mol. The molecule has 1 heterocycles. The van der Waals surface area contributed by atoms with Crippen molar-refractivity contribution in [3.63, 3.8) is 0 Å². The molecule has 0 spiro atoms. The summed E-state index contributed by atoms with van der Waals surface area (Å²) in [5.41, 5.74) is 8.44. The maximum Gasteiger partial charge on any atom is 0.373 e. The number of hydrogen-bond acceptors (Lipinski definition) is 8. The van der Waals surface area contributed by atoms with Crippen molar-refractivity contribution >= 4 is 5.97 Å². The molecule has 0 saturated carbocycles. The SMILES string of the molecule is COC(=O)C1=C[C@H](O)[C@@H](N=[N+]=[N-])[C@H]([C@H](O)[C@H](O)CO)O1. The first kappa shape index (κ1) is 16.2. The lowest BCUT2D eigenvalue weighted by atomic mass is 9.94. The van der Waals surface area contributed by atoms with Crippen LogP contribution in [-0.2, 0) is 14.3 Å². The van der Waals surface area contributed by atoms with Crippen molar-refractivity contribution in [2.24, 2.45) is 5.11 Å². The van der Waals surface area contributed by atoms with Gasteiger partial charge in [0.1, 0.15) is 24.4 Å². The van der Waals surface area contributed by atoms with Gasteiger partial charge in [-0.2, -0.15) is 0 Å². The van der Waals surface area contributed by atoms with Crippen LogP contribution in [0.3, 0.4) is 0 Å². The summed E-state index contributed by atoms with van der Waals surface area (Å²) in [6, 6.07) is -1.27. The molecule has 1 aliphatic heterocycles. The van der Waals surface area contributed by atoms with Gasteiger partial charge in [-0.25, -0.2) is 4.79 Å². The summed E-state index contributed by atoms with van der Waals surface area (Å²) in [6.45, 7) is -0.780. The minimum Gasteiger partial charge on any atom is -0.480 e. The molecule has 112 valence electrons. The summed E-state index contributed by atoms with van der Waals surface area (Å²) >= 11 is 0. The van der Waals surface area contributed by atoms with E-state index in [0.717, 1.165) is 13.2 Å². The van der Waals surface area contributed by atoms with Gasteiger partial charge in [-0.05, 0) is 11.6 Å². The van der Waals surface area contributed by atoms with E-state index < -0.39 is 48.8 Å². The lowest BCUT2D eigenvalue weighted by molar-refractivity contribution is -0.149. The molecule has 0 aromatic carbocycles. The number of hydrogen-bond donors (Lipinski definition) is 4. The fourth-order valence-electron chi connectivity index (χ4n) is 1.71. The second kappa shape index (κ2) is 7.08. The first-order valence-corrected chi connectivity index (χ1v) is 5.62. The highest BCUT2D eigenvalue weighted by Crippen LogP contribution is 2.25. The van der Waals surface area contributed by atoms with Gasteiger partial charge in [-0.15, -0.1) is 0 Å². The third-order valence-corrected chi connectivity index (χ3v) is 2.76. The van der Waals surface area contributed by atoms with Gasteiger partial charge in [0.05, 0.1) is 19.8 Å². The number of ether oxygens (including phenoxy) is 2. The first-order valence-electron chi connectivity index (χ1n) is 5.62. The molecule has 5 atom stereocenters. The Labute approximate surface area is 113 Å². The molecule has 10 heteroatoms. The third-order valence-electron chi connectivity index (χ3n) is 2.76. The third kappa shape index (κ3) is 3.38. The Morgan fingerprint density at radius 1 is 1.65 bits per heavy atom. The van der Waals surface area contributed by atoms with Crippen LogP contribution < -0.4 is 0 Å². The van der Waals surface area contributed by atoms with Gasteiger partial charge >= 0.3 is 5.97 Å². The van der Waals surface area contributed by atoms with Gasteiger partial charge in [0.2, 0.25) is 5.76 Å². The number of esters is 1. The maximum absolute atomic E-state index is 11.4. The molecule has 0 amide bonds. The van der Waals surface area contributed by atoms with Crippen molar-refractivity contribution in [1.82, 2.24) is 0 Å². The Bertz CT molecular complexity index is 435. The van der Waals surface area contributed by atoms with Crippen molar-refractivity contribution in [2.75, 3.05) is 13.7 Å². The molecule has 0 saturated heterocycles. The molecule has 0 bridgehead atoms. The van der Waals surface area contributed by atoms with E-state index in [1.165, 1.54) is 0 Å². The summed E-state index contributed by atoms with van der Waals surface area (Å²) in [4.78, 5) is 13.9. The quantitative estimate of drug-likeness (QED) is 0.200. The van der Waals surface area contributed by atoms with Gasteiger partial charge in [0.15, 0.2) is 0 Å². The minimum absolute atomic E-state index is 0.390. The summed E-state index contributed by atoms with van der Waals surface area (Å²) < 4.78 is 9.51. The molecule has 0 fully saturated rings. The molecule has 1 rings (SSSR count). The Morgan fingerprint density at radius 2 is 2.30 bits per heavy atom. The molecule has 0 radical (unpaired) electrons. The van der Waals surface area contributed by atoms with Gasteiger partial charge < -0.3 is 29.9 Å². The largest absolute Gasteiger partial charge is 0.480 e. The molecule has 0 aromatic rings. The second-order valence-electron chi connectivity index (χ2n) is 4.03. The predicted octanol–water partition coefficient (Wildman–Crippen LogP) is -1.80. The molecule has 20 heavy (non-hydrogen) atoms. The molecule has 0 unspecified atom stereocenters. The molecule has 10 nitrogen and oxygen atoms in total. The van der Waals surface area contributed by atoms with E-state index in [1.807, 2.05) is 0 Å². The van der Waals surface area contributed by atoms with Gasteiger partial charge in [-0.1, -0.05) is 5.11 Å². The Balaban J connectivity index is 3.08. The van der Waals surface area contributed by atoms with Crippen molar-refractivity contribution in [3.05, 3.63) is 22.3 Å². The van der Waals surface area contributed by atoms with E-state index in [1.54, 1.807) is 0 Å². The van der Waals surface area contributed by atoms with E-state index in [4.69, 9.17) is 15.4 Å². The normalized spacial score (nSPS) is 28.4. The van der Waals surface area contributed by atoms with Crippen molar-refractivity contribution < 1.29 is 34.7 Å². The zero-order valence-electron chi connectivity index (χ0n) is 10.5. The van der Waals surface area contributed by atoms with E-state index in [0.29, 0.717) is 0 Å². The van der Waals surface area contributed by atoms with Crippen LogP contribution in [-0.4, -0.2) is 70.6 Å². The highest BCUT2D eigenvalue weighted by Gasteiger charge is 2.42. The number of aliphatic hydroxyl groups is 4. The molecular formula is C10H15N3O7. The van der Waals surface area contributed by atoms with Crippen molar-refractivity contribution in [1.29, 1.82) is 0 Å². The summed E-state index contributed by atoms with van der Waals surface area (Å²) in [5.74, 6) is -1.29. The van der Waals surface area contributed by atoms with Crippen LogP contribution in [0.2, 0.25) is 0 Å². The van der Waals surface area contributed by atoms with Crippen LogP contribution in [0.25, 0.3) is 10.4 Å². The van der Waals surface area contributed by atoms with Gasteiger partial charge in [0, 0.05) is 4.91 Å². The second-order valence-corrected chi connectivity index (χ2v) is 4.03. The zero-order chi connectivity index (χ0) is 15.3. The topological polar surface area (TPSA) is 165 Å². The van der Waals surface area contributed by atoms with Crippen LogP contribution in [0.1, 0.15) is 0 Å². The first-order chi connectivity index (χ1) is 9.46.